The highest BCUT2D eigenvalue weighted by molar-refractivity contribution is 9.10. The molecule has 1 aromatic carbocycles. The molecular weight excluding hydrogens is 340 g/mol. The van der Waals surface area contributed by atoms with Crippen molar-refractivity contribution in [1.82, 2.24) is 4.90 Å². The number of likely N-dealkylation sites (tertiary alicyclic amines) is 1. The summed E-state index contributed by atoms with van der Waals surface area (Å²) < 4.78 is 0.458. The van der Waals surface area contributed by atoms with Gasteiger partial charge >= 0.3 is 12.0 Å². The molecule has 3 N–H and O–H groups in total. The van der Waals surface area contributed by atoms with E-state index in [0.29, 0.717) is 16.7 Å². The summed E-state index contributed by atoms with van der Waals surface area (Å²) in [4.78, 5) is 24.9. The summed E-state index contributed by atoms with van der Waals surface area (Å²) in [7, 11) is 0. The molecule has 6 nitrogen and oxygen atoms in total. The van der Waals surface area contributed by atoms with E-state index < -0.39 is 5.97 Å². The van der Waals surface area contributed by atoms with Crippen LogP contribution in [0.15, 0.2) is 22.7 Å². The number of hydrogen-bond acceptors (Lipinski definition) is 3. The van der Waals surface area contributed by atoms with Crippen LogP contribution in [0.2, 0.25) is 0 Å². The summed E-state index contributed by atoms with van der Waals surface area (Å²) in [5.74, 6) is -1.07. The van der Waals surface area contributed by atoms with E-state index in [-0.39, 0.29) is 24.2 Å². The zero-order valence-corrected chi connectivity index (χ0v) is 13.0. The lowest BCUT2D eigenvalue weighted by Crippen LogP contribution is -2.47. The predicted molar refractivity (Wildman–Crippen MR) is 81.6 cm³/mol. The van der Waals surface area contributed by atoms with Crippen molar-refractivity contribution < 1.29 is 19.8 Å². The van der Waals surface area contributed by atoms with Crippen LogP contribution in [0, 0.1) is 0 Å². The number of anilines is 1. The number of aliphatic hydroxyl groups excluding tert-OH is 1. The molecule has 0 aromatic heterocycles. The highest BCUT2D eigenvalue weighted by Gasteiger charge is 2.26. The smallest absolute Gasteiger partial charge is 0.336 e. The van der Waals surface area contributed by atoms with Gasteiger partial charge in [-0.2, -0.15) is 0 Å². The molecule has 1 heterocycles. The van der Waals surface area contributed by atoms with Crippen LogP contribution in [0.3, 0.4) is 0 Å². The van der Waals surface area contributed by atoms with Crippen LogP contribution in [-0.2, 0) is 0 Å². The Bertz CT molecular complexity index is 550. The number of carboxylic acid groups (broad SMARTS) is 1. The minimum absolute atomic E-state index is 0.0614. The molecule has 21 heavy (non-hydrogen) atoms. The quantitative estimate of drug-likeness (QED) is 0.776. The van der Waals surface area contributed by atoms with Crippen LogP contribution in [0.4, 0.5) is 10.5 Å². The van der Waals surface area contributed by atoms with Gasteiger partial charge in [-0.3, -0.25) is 0 Å². The van der Waals surface area contributed by atoms with E-state index in [2.05, 4.69) is 21.2 Å². The number of nitrogens with one attached hydrogen (secondary N) is 1. The van der Waals surface area contributed by atoms with E-state index in [9.17, 15) is 14.7 Å². The Morgan fingerprint density at radius 3 is 2.81 bits per heavy atom. The van der Waals surface area contributed by atoms with Crippen molar-refractivity contribution in [2.75, 3.05) is 18.5 Å². The third-order valence-electron chi connectivity index (χ3n) is 3.55. The van der Waals surface area contributed by atoms with Crippen LogP contribution >= 0.6 is 15.9 Å². The number of carbonyl (C=O) groups excluding carboxylic acids is 1. The van der Waals surface area contributed by atoms with Gasteiger partial charge in [-0.1, -0.05) is 0 Å². The van der Waals surface area contributed by atoms with Crippen LogP contribution in [0.5, 0.6) is 0 Å². The molecule has 2 rings (SSSR count). The molecule has 7 heteroatoms. The van der Waals surface area contributed by atoms with Gasteiger partial charge in [0, 0.05) is 16.7 Å². The third-order valence-corrected chi connectivity index (χ3v) is 4.24. The first-order valence-corrected chi connectivity index (χ1v) is 7.53. The summed E-state index contributed by atoms with van der Waals surface area (Å²) in [6.07, 6.45) is 2.69. The van der Waals surface area contributed by atoms with Crippen LogP contribution < -0.4 is 5.32 Å². The molecular formula is C14H17BrN2O4. The summed E-state index contributed by atoms with van der Waals surface area (Å²) in [5.41, 5.74) is 0.507. The lowest BCUT2D eigenvalue weighted by molar-refractivity contribution is 0.0696. The van der Waals surface area contributed by atoms with E-state index in [1.165, 1.54) is 6.07 Å². The molecule has 1 unspecified atom stereocenters. The van der Waals surface area contributed by atoms with E-state index in [4.69, 9.17) is 5.11 Å². The van der Waals surface area contributed by atoms with Crippen molar-refractivity contribution in [3.8, 4) is 0 Å². The van der Waals surface area contributed by atoms with Crippen molar-refractivity contribution >= 4 is 33.6 Å². The largest absolute Gasteiger partial charge is 0.478 e. The summed E-state index contributed by atoms with van der Waals surface area (Å²) in [6.45, 7) is 0.535. The molecule has 0 saturated carbocycles. The van der Waals surface area contributed by atoms with E-state index in [1.54, 1.807) is 17.0 Å². The van der Waals surface area contributed by atoms with Gasteiger partial charge in [0.25, 0.3) is 0 Å². The molecule has 1 aromatic rings. The Labute approximate surface area is 130 Å². The Balaban J connectivity index is 2.12. The number of halogens is 1. The fourth-order valence-electron chi connectivity index (χ4n) is 2.42. The van der Waals surface area contributed by atoms with Crippen molar-refractivity contribution in [2.24, 2.45) is 0 Å². The number of urea groups is 1. The van der Waals surface area contributed by atoms with Gasteiger partial charge in [-0.15, -0.1) is 0 Å². The number of nitrogens with zero attached hydrogens (tertiary/aromatic N) is 1. The van der Waals surface area contributed by atoms with Gasteiger partial charge in [0.1, 0.15) is 0 Å². The standard InChI is InChI=1S/C14H17BrN2O4/c15-12-5-4-9(7-11(12)13(19)20)16-14(21)17-6-2-1-3-10(17)8-18/h4-5,7,10,18H,1-3,6,8H2,(H,16,21)(H,19,20). The topological polar surface area (TPSA) is 89.9 Å². The molecule has 1 aliphatic rings. The molecule has 0 spiro atoms. The van der Waals surface area contributed by atoms with Crippen LogP contribution in [-0.4, -0.2) is 46.3 Å². The number of carbonyl (C=O) groups is 2. The van der Waals surface area contributed by atoms with Gasteiger partial charge in [0.2, 0.25) is 0 Å². The first kappa shape index (κ1) is 15.8. The van der Waals surface area contributed by atoms with Crippen molar-refractivity contribution in [1.29, 1.82) is 0 Å². The van der Waals surface area contributed by atoms with E-state index in [0.717, 1.165) is 19.3 Å². The Morgan fingerprint density at radius 1 is 1.38 bits per heavy atom. The second kappa shape index (κ2) is 6.91. The lowest BCUT2D eigenvalue weighted by atomic mass is 10.0. The normalized spacial score (nSPS) is 18.4. The predicted octanol–water partition coefficient (Wildman–Crippen LogP) is 2.53. The summed E-state index contributed by atoms with van der Waals surface area (Å²) in [5, 5.41) is 21.1. The maximum absolute atomic E-state index is 12.2. The average molecular weight is 357 g/mol. The minimum Gasteiger partial charge on any atom is -0.478 e. The number of hydrogen-bond donors (Lipinski definition) is 3. The number of benzene rings is 1. The fraction of sp³-hybridized carbons (Fsp3) is 0.429. The van der Waals surface area contributed by atoms with Crippen molar-refractivity contribution in [3.63, 3.8) is 0 Å². The van der Waals surface area contributed by atoms with Gasteiger partial charge in [-0.05, 0) is 53.4 Å². The monoisotopic (exact) mass is 356 g/mol. The van der Waals surface area contributed by atoms with E-state index in [1.807, 2.05) is 0 Å². The molecule has 114 valence electrons. The molecule has 2 amide bonds. The lowest BCUT2D eigenvalue weighted by Gasteiger charge is -2.34. The van der Waals surface area contributed by atoms with Gasteiger partial charge in [0.05, 0.1) is 18.2 Å². The number of aliphatic hydroxyl groups is 1. The highest BCUT2D eigenvalue weighted by Crippen LogP contribution is 2.23. The van der Waals surface area contributed by atoms with Crippen molar-refractivity contribution in [3.05, 3.63) is 28.2 Å². The second-order valence-corrected chi connectivity index (χ2v) is 5.81. The summed E-state index contributed by atoms with van der Waals surface area (Å²) in [6, 6.07) is 4.13. The molecule has 0 bridgehead atoms. The molecule has 1 atom stereocenters. The average Bonchev–Trinajstić information content (AvgIpc) is 2.48. The molecule has 1 saturated heterocycles. The Morgan fingerprint density at radius 2 is 2.14 bits per heavy atom. The zero-order chi connectivity index (χ0) is 15.4. The van der Waals surface area contributed by atoms with E-state index >= 15 is 0 Å². The fourth-order valence-corrected chi connectivity index (χ4v) is 2.84. The highest BCUT2D eigenvalue weighted by atomic mass is 79.9. The van der Waals surface area contributed by atoms with Crippen molar-refractivity contribution in [2.45, 2.75) is 25.3 Å². The zero-order valence-electron chi connectivity index (χ0n) is 11.4. The maximum Gasteiger partial charge on any atom is 0.336 e. The van der Waals surface area contributed by atoms with Gasteiger partial charge in [-0.25, -0.2) is 9.59 Å². The maximum atomic E-state index is 12.2. The molecule has 1 fully saturated rings. The third kappa shape index (κ3) is 3.74. The molecule has 0 radical (unpaired) electrons. The van der Waals surface area contributed by atoms with Crippen LogP contribution in [0.25, 0.3) is 0 Å². The van der Waals surface area contributed by atoms with Crippen LogP contribution in [0.1, 0.15) is 29.6 Å². The summed E-state index contributed by atoms with van der Waals surface area (Å²) >= 11 is 3.16. The second-order valence-electron chi connectivity index (χ2n) is 4.96. The number of amides is 2. The number of rotatable bonds is 3. The minimum atomic E-state index is -1.07. The first-order valence-electron chi connectivity index (χ1n) is 6.74. The van der Waals surface area contributed by atoms with Gasteiger partial charge in [0.15, 0.2) is 0 Å². The SMILES string of the molecule is O=C(O)c1cc(NC(=O)N2CCCCC2CO)ccc1Br. The molecule has 0 aliphatic carbocycles. The Hall–Kier alpha value is -1.60. The number of piperidine rings is 1. The number of aromatic carboxylic acids is 1. The molecule has 1 aliphatic heterocycles. The first-order chi connectivity index (χ1) is 10.0. The number of carboxylic acids is 1. The van der Waals surface area contributed by atoms with Gasteiger partial charge < -0.3 is 20.4 Å². The Kier molecular flexibility index (Phi) is 5.19.